The number of nitrogens with zero attached hydrogens (tertiary/aromatic N) is 2. The lowest BCUT2D eigenvalue weighted by atomic mass is 9.87. The van der Waals surface area contributed by atoms with Crippen molar-refractivity contribution in [3.05, 3.63) is 84.6 Å². The molecule has 2 aromatic heterocycles. The molecule has 0 bridgehead atoms. The average Bonchev–Trinajstić information content (AvgIpc) is 3.50. The molecule has 178 valence electrons. The Morgan fingerprint density at radius 1 is 0.743 bits per heavy atom. The first-order valence-electron chi connectivity index (χ1n) is 11.6. The van der Waals surface area contributed by atoms with Gasteiger partial charge in [0.1, 0.15) is 15.7 Å². The van der Waals surface area contributed by atoms with Gasteiger partial charge in [-0.3, -0.25) is 0 Å². The predicted molar refractivity (Wildman–Crippen MR) is 152 cm³/mol. The number of hydrogen-bond donors (Lipinski definition) is 4. The van der Waals surface area contributed by atoms with E-state index in [0.717, 1.165) is 50.6 Å². The Labute approximate surface area is 218 Å². The van der Waals surface area contributed by atoms with Gasteiger partial charge in [0.15, 0.2) is 0 Å². The summed E-state index contributed by atoms with van der Waals surface area (Å²) in [5.41, 5.74) is 20.9. The Morgan fingerprint density at radius 3 is 1.83 bits per heavy atom. The number of aromatic nitrogens is 4. The van der Waals surface area contributed by atoms with Gasteiger partial charge in [0, 0.05) is 0 Å². The van der Waals surface area contributed by atoms with Gasteiger partial charge >= 0.3 is 0 Å². The molecule has 0 unspecified atom stereocenters. The second kappa shape index (κ2) is 9.22. The third-order valence-electron chi connectivity index (χ3n) is 6.33. The number of benzene rings is 3. The maximum Gasteiger partial charge on any atom is 0.133 e. The van der Waals surface area contributed by atoms with E-state index in [0.29, 0.717) is 0 Å². The molecule has 3 aromatic carbocycles. The average molecular weight is 576 g/mol. The number of nitrogens with one attached hydrogen (secondary N) is 2. The van der Waals surface area contributed by atoms with Gasteiger partial charge in [-0.15, -0.1) is 0 Å². The number of nitrogens with two attached hydrogens (primary N) is 2. The quantitative estimate of drug-likeness (QED) is 0.106. The molecule has 6 N–H and O–H groups in total. The van der Waals surface area contributed by atoms with Crippen LogP contribution in [0.15, 0.2) is 72.9 Å². The van der Waals surface area contributed by atoms with Crippen LogP contribution in [-0.2, 0) is 0 Å². The van der Waals surface area contributed by atoms with Crippen LogP contribution in [0.4, 0.5) is 0 Å². The molecule has 5 rings (SSSR count). The summed E-state index contributed by atoms with van der Waals surface area (Å²) in [7, 11) is 0. The number of H-pyrrole nitrogens is 2. The van der Waals surface area contributed by atoms with E-state index >= 15 is 0 Å². The topological polar surface area (TPSA) is 109 Å². The molecule has 0 spiro atoms. The summed E-state index contributed by atoms with van der Waals surface area (Å²) >= 11 is 2.15. The molecule has 7 heteroatoms. The number of halogens is 1. The predicted octanol–water partition coefficient (Wildman–Crippen LogP) is 6.73. The van der Waals surface area contributed by atoms with Gasteiger partial charge in [0.05, 0.1) is 29.0 Å². The Morgan fingerprint density at radius 2 is 1.29 bits per heavy atom. The van der Waals surface area contributed by atoms with Gasteiger partial charge in [-0.25, -0.2) is 9.97 Å². The van der Waals surface area contributed by atoms with E-state index in [1.54, 1.807) is 0 Å². The van der Waals surface area contributed by atoms with E-state index in [-0.39, 0.29) is 15.5 Å². The molecular weight excluding hydrogens is 547 g/mol. The minimum Gasteiger partial charge on any atom is -0.341 e. The van der Waals surface area contributed by atoms with Crippen LogP contribution in [0.1, 0.15) is 42.5 Å². The van der Waals surface area contributed by atoms with E-state index in [1.807, 2.05) is 6.20 Å². The van der Waals surface area contributed by atoms with Gasteiger partial charge < -0.3 is 21.4 Å². The number of aromatic amines is 2. The van der Waals surface area contributed by atoms with Crippen molar-refractivity contribution in [2.45, 2.75) is 30.9 Å². The molecule has 0 fully saturated rings. The van der Waals surface area contributed by atoms with E-state index in [2.05, 4.69) is 125 Å². The number of alkyl halides is 1. The highest BCUT2D eigenvalue weighted by molar-refractivity contribution is 14.1. The van der Waals surface area contributed by atoms with Crippen LogP contribution in [-0.4, -0.2) is 19.9 Å². The molecule has 0 amide bonds. The first-order valence-corrected chi connectivity index (χ1v) is 12.8. The number of imidazole rings is 2. The molecular formula is C28H29IN6. The van der Waals surface area contributed by atoms with Crippen LogP contribution in [0.5, 0.6) is 0 Å². The number of rotatable bonds is 5. The van der Waals surface area contributed by atoms with Crippen molar-refractivity contribution >= 4 is 33.6 Å². The third-order valence-corrected chi connectivity index (χ3v) is 6.92. The maximum absolute atomic E-state index is 6.41. The van der Waals surface area contributed by atoms with Crippen LogP contribution in [0, 0.1) is 5.41 Å². The first-order chi connectivity index (χ1) is 16.7. The van der Waals surface area contributed by atoms with E-state index in [9.17, 15) is 0 Å². The van der Waals surface area contributed by atoms with Crippen LogP contribution < -0.4 is 11.5 Å². The van der Waals surface area contributed by atoms with Crippen molar-refractivity contribution in [2.24, 2.45) is 16.9 Å². The van der Waals surface area contributed by atoms with Gasteiger partial charge in [-0.1, -0.05) is 98.0 Å². The van der Waals surface area contributed by atoms with Crippen LogP contribution >= 0.6 is 22.6 Å². The van der Waals surface area contributed by atoms with Crippen LogP contribution in [0.3, 0.4) is 0 Å². The van der Waals surface area contributed by atoms with Crippen molar-refractivity contribution in [1.29, 1.82) is 0 Å². The SMILES string of the molecule is CC(C)(C)[C@H](N)c1nc2ccc(-c3ccc(-c4ccc(-c5cnc([C@@H](N)I)[nH]5)cc4)cc3)cc2[nH]1. The van der Waals surface area contributed by atoms with Crippen LogP contribution in [0.25, 0.3) is 44.5 Å². The number of hydrogen-bond acceptors (Lipinski definition) is 4. The van der Waals surface area contributed by atoms with E-state index in [1.165, 1.54) is 5.56 Å². The minimum atomic E-state index is -0.150. The Balaban J connectivity index is 1.36. The lowest BCUT2D eigenvalue weighted by Crippen LogP contribution is -2.27. The molecule has 2 heterocycles. The van der Waals surface area contributed by atoms with Gasteiger partial charge in [0.2, 0.25) is 0 Å². The van der Waals surface area contributed by atoms with Crippen molar-refractivity contribution in [3.63, 3.8) is 0 Å². The Kier molecular flexibility index (Phi) is 6.25. The van der Waals surface area contributed by atoms with Crippen molar-refractivity contribution < 1.29 is 0 Å². The molecule has 0 aliphatic heterocycles. The highest BCUT2D eigenvalue weighted by Gasteiger charge is 2.25. The Bertz CT molecular complexity index is 1460. The summed E-state index contributed by atoms with van der Waals surface area (Å²) in [4.78, 5) is 15.8. The highest BCUT2D eigenvalue weighted by atomic mass is 127. The minimum absolute atomic E-state index is 0.0608. The second-order valence-corrected chi connectivity index (χ2v) is 11.3. The molecule has 0 saturated carbocycles. The standard InChI is InChI=1S/C28H29IN6/c1-28(2,3)24(30)26-33-21-13-12-20(14-22(21)34-26)18-6-4-16(5-7-18)17-8-10-19(11-9-17)23-15-32-27(35-23)25(29)31/h4-15,24-25H,30-31H2,1-3H3,(H,32,35)(H,33,34)/t24-,25-/m1/s1. The fraction of sp³-hybridized carbons (Fsp3) is 0.214. The maximum atomic E-state index is 6.41. The van der Waals surface area contributed by atoms with Gasteiger partial charge in [-0.2, -0.15) is 0 Å². The zero-order valence-corrected chi connectivity index (χ0v) is 22.2. The third kappa shape index (κ3) is 4.89. The van der Waals surface area contributed by atoms with E-state index < -0.39 is 0 Å². The smallest absolute Gasteiger partial charge is 0.133 e. The summed E-state index contributed by atoms with van der Waals surface area (Å²) in [5, 5.41) is 0. The lowest BCUT2D eigenvalue weighted by Gasteiger charge is -2.24. The largest absolute Gasteiger partial charge is 0.341 e. The van der Waals surface area contributed by atoms with Gasteiger partial charge in [0.25, 0.3) is 0 Å². The molecule has 0 saturated heterocycles. The molecule has 5 aromatic rings. The highest BCUT2D eigenvalue weighted by Crippen LogP contribution is 2.32. The molecule has 6 nitrogen and oxygen atoms in total. The molecule has 2 atom stereocenters. The molecule has 0 aliphatic carbocycles. The number of fused-ring (bicyclic) bond motifs is 1. The first kappa shape index (κ1) is 23.7. The monoisotopic (exact) mass is 576 g/mol. The van der Waals surface area contributed by atoms with Crippen LogP contribution in [0.2, 0.25) is 0 Å². The normalized spacial score (nSPS) is 13.8. The van der Waals surface area contributed by atoms with Crippen molar-refractivity contribution in [3.8, 4) is 33.5 Å². The fourth-order valence-corrected chi connectivity index (χ4v) is 4.40. The molecule has 0 aliphatic rings. The zero-order valence-electron chi connectivity index (χ0n) is 20.0. The fourth-order valence-electron chi connectivity index (χ4n) is 4.09. The van der Waals surface area contributed by atoms with Crippen molar-refractivity contribution in [2.75, 3.05) is 0 Å². The summed E-state index contributed by atoms with van der Waals surface area (Å²) in [5.74, 6) is 1.61. The lowest BCUT2D eigenvalue weighted by molar-refractivity contribution is 0.317. The molecule has 0 radical (unpaired) electrons. The molecule has 35 heavy (non-hydrogen) atoms. The van der Waals surface area contributed by atoms with Crippen molar-refractivity contribution in [1.82, 2.24) is 19.9 Å². The van der Waals surface area contributed by atoms with Gasteiger partial charge in [-0.05, 0) is 45.4 Å². The summed E-state index contributed by atoms with van der Waals surface area (Å²) in [6.45, 7) is 6.38. The van der Waals surface area contributed by atoms with E-state index in [4.69, 9.17) is 16.5 Å². The second-order valence-electron chi connectivity index (χ2n) is 9.94. The summed E-state index contributed by atoms with van der Waals surface area (Å²) < 4.78 is -0.142. The summed E-state index contributed by atoms with van der Waals surface area (Å²) in [6, 6.07) is 23.3. The Hall–Kier alpha value is -3.01. The summed E-state index contributed by atoms with van der Waals surface area (Å²) in [6.07, 6.45) is 1.83. The zero-order chi connectivity index (χ0) is 24.7.